The molecule has 2 heterocycles. The van der Waals surface area contributed by atoms with Crippen molar-refractivity contribution in [3.05, 3.63) is 42.6 Å². The molecule has 0 amide bonds. The number of fused-ring (bicyclic) bond motifs is 1. The minimum absolute atomic E-state index is 0.0477. The lowest BCUT2D eigenvalue weighted by atomic mass is 10.1. The molecule has 1 atom stereocenters. The van der Waals surface area contributed by atoms with Crippen LogP contribution in [0.5, 0.6) is 5.75 Å². The van der Waals surface area contributed by atoms with Gasteiger partial charge in [-0.25, -0.2) is 9.50 Å². The van der Waals surface area contributed by atoms with Crippen LogP contribution in [0.1, 0.15) is 13.8 Å². The van der Waals surface area contributed by atoms with E-state index >= 15 is 0 Å². The summed E-state index contributed by atoms with van der Waals surface area (Å²) in [6.45, 7) is 4.14. The maximum Gasteiger partial charge on any atom is 0.154 e. The molecule has 0 saturated heterocycles. The largest absolute Gasteiger partial charge is 0.508 e. The van der Waals surface area contributed by atoms with Crippen LogP contribution in [0.4, 0.5) is 5.82 Å². The molecule has 0 unspecified atom stereocenters. The molecule has 2 aromatic heterocycles. The van der Waals surface area contributed by atoms with Gasteiger partial charge in [-0.05, 0) is 42.3 Å². The second-order valence-electron chi connectivity index (χ2n) is 5.86. The van der Waals surface area contributed by atoms with E-state index < -0.39 is 0 Å². The number of aliphatic hydroxyl groups is 1. The molecule has 0 fully saturated rings. The zero-order valence-corrected chi connectivity index (χ0v) is 13.1. The van der Waals surface area contributed by atoms with Crippen LogP contribution in [0.15, 0.2) is 42.6 Å². The number of hydrogen-bond acceptors (Lipinski definition) is 5. The van der Waals surface area contributed by atoms with Crippen molar-refractivity contribution in [2.24, 2.45) is 5.92 Å². The summed E-state index contributed by atoms with van der Waals surface area (Å²) in [5, 5.41) is 26.7. The first-order chi connectivity index (χ1) is 11.1. The van der Waals surface area contributed by atoms with Gasteiger partial charge in [0.05, 0.1) is 24.5 Å². The summed E-state index contributed by atoms with van der Waals surface area (Å²) in [6, 6.07) is 10.6. The maximum absolute atomic E-state index is 9.46. The van der Waals surface area contributed by atoms with Crippen LogP contribution in [0.25, 0.3) is 16.9 Å². The topological polar surface area (TPSA) is 82.7 Å². The first kappa shape index (κ1) is 15.3. The molecule has 6 heteroatoms. The lowest BCUT2D eigenvalue weighted by molar-refractivity contribution is 0.249. The van der Waals surface area contributed by atoms with Crippen LogP contribution in [0, 0.1) is 5.92 Å². The molecule has 1 aromatic carbocycles. The van der Waals surface area contributed by atoms with Gasteiger partial charge >= 0.3 is 0 Å². The highest BCUT2D eigenvalue weighted by molar-refractivity contribution is 5.64. The first-order valence-corrected chi connectivity index (χ1v) is 7.60. The number of nitrogens with one attached hydrogen (secondary N) is 1. The molecule has 0 bridgehead atoms. The molecule has 120 valence electrons. The number of phenolic OH excluding ortho intramolecular Hbond substituents is 1. The highest BCUT2D eigenvalue weighted by atomic mass is 16.3. The number of aliphatic hydroxyl groups excluding tert-OH is 1. The zero-order chi connectivity index (χ0) is 16.4. The molecule has 3 aromatic rings. The predicted octanol–water partition coefficient (Wildman–Crippen LogP) is 2.53. The summed E-state index contributed by atoms with van der Waals surface area (Å²) in [6.07, 6.45) is 1.75. The summed E-state index contributed by atoms with van der Waals surface area (Å²) in [4.78, 5) is 4.35. The number of phenols is 1. The van der Waals surface area contributed by atoms with E-state index in [0.29, 0.717) is 5.82 Å². The van der Waals surface area contributed by atoms with E-state index in [1.54, 1.807) is 22.8 Å². The molecule has 0 radical (unpaired) electrons. The molecule has 0 spiro atoms. The summed E-state index contributed by atoms with van der Waals surface area (Å²) < 4.78 is 1.75. The van der Waals surface area contributed by atoms with Crippen molar-refractivity contribution in [1.82, 2.24) is 14.6 Å². The van der Waals surface area contributed by atoms with Crippen LogP contribution in [-0.4, -0.2) is 37.5 Å². The molecular formula is C17H20N4O2. The van der Waals surface area contributed by atoms with Crippen LogP contribution >= 0.6 is 0 Å². The van der Waals surface area contributed by atoms with Crippen molar-refractivity contribution < 1.29 is 10.2 Å². The fraction of sp³-hybridized carbons (Fsp3) is 0.294. The Bertz CT molecular complexity index is 796. The standard InChI is InChI=1S/C17H20N4O2/c1-11(2)14(10-22)19-16-7-8-17-18-9-15(21(17)20-16)12-3-5-13(23)6-4-12/h3-9,11,14,22-23H,10H2,1-2H3,(H,19,20)/t14-/m0/s1. The Balaban J connectivity index is 1.98. The number of anilines is 1. The minimum atomic E-state index is -0.0550. The van der Waals surface area contributed by atoms with Crippen molar-refractivity contribution in [3.8, 4) is 17.0 Å². The highest BCUT2D eigenvalue weighted by Crippen LogP contribution is 2.23. The van der Waals surface area contributed by atoms with Gasteiger partial charge in [-0.15, -0.1) is 5.10 Å². The maximum atomic E-state index is 9.46. The molecule has 0 saturated carbocycles. The molecule has 3 rings (SSSR count). The van der Waals surface area contributed by atoms with Crippen molar-refractivity contribution in [2.45, 2.75) is 19.9 Å². The van der Waals surface area contributed by atoms with Crippen LogP contribution < -0.4 is 5.32 Å². The molecule has 3 N–H and O–H groups in total. The van der Waals surface area contributed by atoms with E-state index in [0.717, 1.165) is 16.9 Å². The van der Waals surface area contributed by atoms with Gasteiger partial charge in [-0.3, -0.25) is 0 Å². The molecule has 0 aliphatic carbocycles. The second-order valence-corrected chi connectivity index (χ2v) is 5.86. The van der Waals surface area contributed by atoms with Crippen LogP contribution in [-0.2, 0) is 0 Å². The number of aromatic hydroxyl groups is 1. The van der Waals surface area contributed by atoms with E-state index in [2.05, 4.69) is 15.4 Å². The minimum Gasteiger partial charge on any atom is -0.508 e. The zero-order valence-electron chi connectivity index (χ0n) is 13.1. The van der Waals surface area contributed by atoms with Gasteiger partial charge in [0.25, 0.3) is 0 Å². The normalized spacial score (nSPS) is 12.7. The number of rotatable bonds is 5. The van der Waals surface area contributed by atoms with Gasteiger partial charge in [0.15, 0.2) is 5.65 Å². The van der Waals surface area contributed by atoms with E-state index in [9.17, 15) is 10.2 Å². The molecule has 0 aliphatic heterocycles. The Morgan fingerprint density at radius 3 is 2.52 bits per heavy atom. The number of imidazole rings is 1. The molecular weight excluding hydrogens is 292 g/mol. The second kappa shape index (κ2) is 6.26. The third kappa shape index (κ3) is 3.12. The van der Waals surface area contributed by atoms with Gasteiger partial charge < -0.3 is 15.5 Å². The summed E-state index contributed by atoms with van der Waals surface area (Å²) >= 11 is 0. The lowest BCUT2D eigenvalue weighted by Gasteiger charge is -2.20. The van der Waals surface area contributed by atoms with Crippen molar-refractivity contribution >= 4 is 11.5 Å². The van der Waals surface area contributed by atoms with Gasteiger partial charge in [0, 0.05) is 5.56 Å². The van der Waals surface area contributed by atoms with Crippen molar-refractivity contribution in [2.75, 3.05) is 11.9 Å². The van der Waals surface area contributed by atoms with E-state index in [4.69, 9.17) is 0 Å². The molecule has 0 aliphatic rings. The Kier molecular flexibility index (Phi) is 4.16. The fourth-order valence-corrected chi connectivity index (χ4v) is 2.39. The lowest BCUT2D eigenvalue weighted by Crippen LogP contribution is -2.30. The number of benzene rings is 1. The van der Waals surface area contributed by atoms with Gasteiger partial charge in [0.2, 0.25) is 0 Å². The van der Waals surface area contributed by atoms with Gasteiger partial charge in [0.1, 0.15) is 11.6 Å². The average molecular weight is 312 g/mol. The summed E-state index contributed by atoms with van der Waals surface area (Å²) in [5.41, 5.74) is 2.50. The Morgan fingerprint density at radius 2 is 1.87 bits per heavy atom. The third-order valence-corrected chi connectivity index (χ3v) is 3.86. The van der Waals surface area contributed by atoms with Gasteiger partial charge in [-0.2, -0.15) is 0 Å². The quantitative estimate of drug-likeness (QED) is 0.674. The number of hydrogen-bond donors (Lipinski definition) is 3. The Labute approximate surface area is 134 Å². The Hall–Kier alpha value is -2.60. The fourth-order valence-electron chi connectivity index (χ4n) is 2.39. The van der Waals surface area contributed by atoms with Crippen molar-refractivity contribution in [3.63, 3.8) is 0 Å². The Morgan fingerprint density at radius 1 is 1.13 bits per heavy atom. The summed E-state index contributed by atoms with van der Waals surface area (Å²) in [7, 11) is 0. The summed E-state index contributed by atoms with van der Waals surface area (Å²) in [5.74, 6) is 1.20. The van der Waals surface area contributed by atoms with Crippen molar-refractivity contribution in [1.29, 1.82) is 0 Å². The number of nitrogens with zero attached hydrogens (tertiary/aromatic N) is 3. The van der Waals surface area contributed by atoms with E-state index in [-0.39, 0.29) is 24.3 Å². The molecule has 23 heavy (non-hydrogen) atoms. The molecule has 6 nitrogen and oxygen atoms in total. The van der Waals surface area contributed by atoms with Gasteiger partial charge in [-0.1, -0.05) is 13.8 Å². The third-order valence-electron chi connectivity index (χ3n) is 3.86. The van der Waals surface area contributed by atoms with E-state index in [1.165, 1.54) is 0 Å². The SMILES string of the molecule is CC(C)[C@H](CO)Nc1ccc2ncc(-c3ccc(O)cc3)n2n1. The average Bonchev–Trinajstić information content (AvgIpc) is 2.96. The van der Waals surface area contributed by atoms with E-state index in [1.807, 2.05) is 38.1 Å². The first-order valence-electron chi connectivity index (χ1n) is 7.60. The van der Waals surface area contributed by atoms with Crippen LogP contribution in [0.2, 0.25) is 0 Å². The number of aromatic nitrogens is 3. The highest BCUT2D eigenvalue weighted by Gasteiger charge is 2.14. The predicted molar refractivity (Wildman–Crippen MR) is 89.4 cm³/mol. The smallest absolute Gasteiger partial charge is 0.154 e. The van der Waals surface area contributed by atoms with Crippen LogP contribution in [0.3, 0.4) is 0 Å². The monoisotopic (exact) mass is 312 g/mol.